The Labute approximate surface area is 162 Å². The summed E-state index contributed by atoms with van der Waals surface area (Å²) in [4.78, 5) is 20.5. The standard InChI is InChI=1S/C22H18N4O2/c1-16-12-24-20(13-23-16)22(27)28-15-18-14-26(19-10-6-3-7-11-19)25-21(18)17-8-4-2-5-9-17/h2-14H,15H2,1H3. The lowest BCUT2D eigenvalue weighted by Crippen LogP contribution is -2.08. The molecule has 138 valence electrons. The van der Waals surface area contributed by atoms with E-state index in [9.17, 15) is 4.79 Å². The molecule has 2 aromatic carbocycles. The zero-order chi connectivity index (χ0) is 19.3. The van der Waals surface area contributed by atoms with Crippen LogP contribution in [0.25, 0.3) is 16.9 Å². The summed E-state index contributed by atoms with van der Waals surface area (Å²) in [6.45, 7) is 1.90. The van der Waals surface area contributed by atoms with E-state index >= 15 is 0 Å². The third-order valence-corrected chi connectivity index (χ3v) is 4.21. The van der Waals surface area contributed by atoms with Crippen molar-refractivity contribution in [2.45, 2.75) is 13.5 Å². The van der Waals surface area contributed by atoms with Crippen molar-refractivity contribution in [1.29, 1.82) is 0 Å². The molecule has 0 aliphatic rings. The summed E-state index contributed by atoms with van der Waals surface area (Å²) >= 11 is 0. The van der Waals surface area contributed by atoms with Crippen molar-refractivity contribution in [3.8, 4) is 16.9 Å². The Balaban J connectivity index is 1.62. The van der Waals surface area contributed by atoms with E-state index in [1.165, 1.54) is 6.20 Å². The molecule has 2 heterocycles. The molecule has 28 heavy (non-hydrogen) atoms. The molecule has 0 amide bonds. The van der Waals surface area contributed by atoms with E-state index in [1.807, 2.05) is 73.8 Å². The molecule has 4 aromatic rings. The van der Waals surface area contributed by atoms with Gasteiger partial charge in [-0.1, -0.05) is 48.5 Å². The minimum Gasteiger partial charge on any atom is -0.456 e. The fraction of sp³-hybridized carbons (Fsp3) is 0.0909. The fourth-order valence-electron chi connectivity index (χ4n) is 2.78. The van der Waals surface area contributed by atoms with Gasteiger partial charge in [-0.2, -0.15) is 5.10 Å². The molecule has 6 heteroatoms. The summed E-state index contributed by atoms with van der Waals surface area (Å²) in [5.74, 6) is -0.515. The Hall–Kier alpha value is -3.80. The van der Waals surface area contributed by atoms with Crippen LogP contribution in [0.1, 0.15) is 21.7 Å². The molecule has 0 aliphatic heterocycles. The Bertz CT molecular complexity index is 1070. The lowest BCUT2D eigenvalue weighted by molar-refractivity contribution is 0.0466. The number of carbonyl (C=O) groups is 1. The van der Waals surface area contributed by atoms with E-state index < -0.39 is 5.97 Å². The molecule has 0 spiro atoms. The van der Waals surface area contributed by atoms with E-state index in [2.05, 4.69) is 9.97 Å². The largest absolute Gasteiger partial charge is 0.456 e. The maximum Gasteiger partial charge on any atom is 0.358 e. The lowest BCUT2D eigenvalue weighted by Gasteiger charge is -2.05. The number of rotatable bonds is 5. The molecule has 0 unspecified atom stereocenters. The second kappa shape index (κ2) is 7.84. The molecule has 0 aliphatic carbocycles. The molecule has 0 saturated heterocycles. The lowest BCUT2D eigenvalue weighted by atomic mass is 10.1. The van der Waals surface area contributed by atoms with Crippen LogP contribution in [0.2, 0.25) is 0 Å². The van der Waals surface area contributed by atoms with Gasteiger partial charge in [-0.25, -0.2) is 14.5 Å². The number of benzene rings is 2. The van der Waals surface area contributed by atoms with Crippen LogP contribution < -0.4 is 0 Å². The van der Waals surface area contributed by atoms with Crippen molar-refractivity contribution >= 4 is 5.97 Å². The zero-order valence-electron chi connectivity index (χ0n) is 15.3. The highest BCUT2D eigenvalue weighted by Crippen LogP contribution is 2.24. The van der Waals surface area contributed by atoms with Crippen LogP contribution in [0.15, 0.2) is 79.3 Å². The Kier molecular flexibility index (Phi) is 4.93. The number of aromatic nitrogens is 4. The summed E-state index contributed by atoms with van der Waals surface area (Å²) in [6.07, 6.45) is 4.84. The third-order valence-electron chi connectivity index (χ3n) is 4.21. The second-order valence-corrected chi connectivity index (χ2v) is 6.27. The van der Waals surface area contributed by atoms with E-state index in [-0.39, 0.29) is 12.3 Å². The van der Waals surface area contributed by atoms with Crippen LogP contribution in [-0.2, 0) is 11.3 Å². The van der Waals surface area contributed by atoms with Gasteiger partial charge in [0.1, 0.15) is 6.61 Å². The highest BCUT2D eigenvalue weighted by atomic mass is 16.5. The first-order valence-electron chi connectivity index (χ1n) is 8.86. The number of esters is 1. The van der Waals surface area contributed by atoms with Gasteiger partial charge in [0, 0.05) is 23.5 Å². The van der Waals surface area contributed by atoms with Gasteiger partial charge < -0.3 is 4.74 Å². The first-order chi connectivity index (χ1) is 13.7. The second-order valence-electron chi connectivity index (χ2n) is 6.27. The van der Waals surface area contributed by atoms with Crippen molar-refractivity contribution in [3.05, 3.63) is 96.2 Å². The van der Waals surface area contributed by atoms with Gasteiger partial charge in [0.25, 0.3) is 0 Å². The average molecular weight is 370 g/mol. The van der Waals surface area contributed by atoms with Gasteiger partial charge in [-0.05, 0) is 19.1 Å². The molecule has 0 atom stereocenters. The van der Waals surface area contributed by atoms with Crippen molar-refractivity contribution in [2.24, 2.45) is 0 Å². The average Bonchev–Trinajstić information content (AvgIpc) is 3.18. The minimum atomic E-state index is -0.515. The Morgan fingerprint density at radius 1 is 0.964 bits per heavy atom. The molecular formula is C22H18N4O2. The van der Waals surface area contributed by atoms with E-state index in [0.29, 0.717) is 0 Å². The number of para-hydroxylation sites is 1. The first kappa shape index (κ1) is 17.6. The quantitative estimate of drug-likeness (QED) is 0.497. The number of carbonyl (C=O) groups excluding carboxylic acids is 1. The summed E-state index contributed by atoms with van der Waals surface area (Å²) in [5, 5.41) is 4.71. The molecule has 0 fully saturated rings. The summed E-state index contributed by atoms with van der Waals surface area (Å²) in [7, 11) is 0. The highest BCUT2D eigenvalue weighted by Gasteiger charge is 2.16. The molecule has 0 bridgehead atoms. The van der Waals surface area contributed by atoms with Crippen LogP contribution in [0, 0.1) is 6.92 Å². The van der Waals surface area contributed by atoms with Crippen LogP contribution >= 0.6 is 0 Å². The predicted molar refractivity (Wildman–Crippen MR) is 105 cm³/mol. The molecule has 0 radical (unpaired) electrons. The normalized spacial score (nSPS) is 10.6. The predicted octanol–water partition coefficient (Wildman–Crippen LogP) is 3.99. The van der Waals surface area contributed by atoms with Crippen LogP contribution in [0.5, 0.6) is 0 Å². The van der Waals surface area contributed by atoms with Crippen molar-refractivity contribution < 1.29 is 9.53 Å². The number of aryl methyl sites for hydroxylation is 1. The van der Waals surface area contributed by atoms with Gasteiger partial charge in [-0.15, -0.1) is 0 Å². The van der Waals surface area contributed by atoms with Gasteiger partial charge in [0.2, 0.25) is 0 Å². The summed E-state index contributed by atoms with van der Waals surface area (Å²) in [5.41, 5.74) is 4.39. The molecule has 4 rings (SSSR count). The molecular weight excluding hydrogens is 352 g/mol. The number of hydrogen-bond donors (Lipinski definition) is 0. The maximum atomic E-state index is 12.3. The smallest absolute Gasteiger partial charge is 0.358 e. The fourth-order valence-corrected chi connectivity index (χ4v) is 2.78. The van der Waals surface area contributed by atoms with E-state index in [0.717, 1.165) is 28.2 Å². The highest BCUT2D eigenvalue weighted by molar-refractivity contribution is 5.86. The van der Waals surface area contributed by atoms with Gasteiger partial charge in [0.05, 0.1) is 23.3 Å². The van der Waals surface area contributed by atoms with Crippen LogP contribution in [0.4, 0.5) is 0 Å². The molecule has 0 N–H and O–H groups in total. The van der Waals surface area contributed by atoms with Crippen LogP contribution in [-0.4, -0.2) is 25.7 Å². The molecule has 0 saturated carbocycles. The third kappa shape index (κ3) is 3.81. The number of ether oxygens (including phenoxy) is 1. The van der Waals surface area contributed by atoms with E-state index in [1.54, 1.807) is 10.9 Å². The maximum absolute atomic E-state index is 12.3. The molecule has 2 aromatic heterocycles. The van der Waals surface area contributed by atoms with Crippen molar-refractivity contribution in [2.75, 3.05) is 0 Å². The SMILES string of the molecule is Cc1cnc(C(=O)OCc2cn(-c3ccccc3)nc2-c2ccccc2)cn1. The number of hydrogen-bond acceptors (Lipinski definition) is 5. The monoisotopic (exact) mass is 370 g/mol. The minimum absolute atomic E-state index is 0.0887. The summed E-state index contributed by atoms with van der Waals surface area (Å²) in [6, 6.07) is 19.6. The zero-order valence-corrected chi connectivity index (χ0v) is 15.3. The summed E-state index contributed by atoms with van der Waals surface area (Å²) < 4.78 is 7.26. The Morgan fingerprint density at radius 2 is 1.68 bits per heavy atom. The first-order valence-corrected chi connectivity index (χ1v) is 8.86. The van der Waals surface area contributed by atoms with Crippen molar-refractivity contribution in [1.82, 2.24) is 19.7 Å². The number of nitrogens with zero attached hydrogens (tertiary/aromatic N) is 4. The van der Waals surface area contributed by atoms with Crippen LogP contribution in [0.3, 0.4) is 0 Å². The van der Waals surface area contributed by atoms with Gasteiger partial charge in [-0.3, -0.25) is 4.98 Å². The van der Waals surface area contributed by atoms with Gasteiger partial charge >= 0.3 is 5.97 Å². The molecule has 6 nitrogen and oxygen atoms in total. The van der Waals surface area contributed by atoms with E-state index in [4.69, 9.17) is 9.84 Å². The van der Waals surface area contributed by atoms with Gasteiger partial charge in [0.15, 0.2) is 5.69 Å². The van der Waals surface area contributed by atoms with Crippen molar-refractivity contribution in [3.63, 3.8) is 0 Å². The Morgan fingerprint density at radius 3 is 2.36 bits per heavy atom. The topological polar surface area (TPSA) is 69.9 Å².